The molecule has 0 spiro atoms. The molecule has 0 aromatic heterocycles. The highest BCUT2D eigenvalue weighted by molar-refractivity contribution is 5.88. The standard InChI is InChI=1S/C11H20N2O4.ClH/c1-11(2,3)8(12)9(15)13-5-6(14)4-7(13)10(16)17;/h6-8,14H,4-5,12H2,1-3H3,(H,16,17);1H. The van der Waals surface area contributed by atoms with Crippen molar-refractivity contribution < 1.29 is 19.8 Å². The van der Waals surface area contributed by atoms with E-state index in [-0.39, 0.29) is 25.4 Å². The lowest BCUT2D eigenvalue weighted by atomic mass is 9.86. The summed E-state index contributed by atoms with van der Waals surface area (Å²) >= 11 is 0. The van der Waals surface area contributed by atoms with Crippen molar-refractivity contribution in [3.8, 4) is 0 Å². The van der Waals surface area contributed by atoms with Gasteiger partial charge in [-0.3, -0.25) is 4.79 Å². The number of likely N-dealkylation sites (tertiary alicyclic amines) is 1. The summed E-state index contributed by atoms with van der Waals surface area (Å²) in [5.74, 6) is -1.52. The molecule has 1 fully saturated rings. The maximum absolute atomic E-state index is 12.1. The summed E-state index contributed by atoms with van der Waals surface area (Å²) in [4.78, 5) is 24.2. The van der Waals surface area contributed by atoms with E-state index in [4.69, 9.17) is 10.8 Å². The van der Waals surface area contributed by atoms with Gasteiger partial charge in [-0.15, -0.1) is 12.4 Å². The number of nitrogens with two attached hydrogens (primary N) is 1. The van der Waals surface area contributed by atoms with E-state index in [2.05, 4.69) is 0 Å². The first-order chi connectivity index (χ1) is 7.64. The van der Waals surface area contributed by atoms with Crippen LogP contribution in [-0.2, 0) is 9.59 Å². The molecule has 106 valence electrons. The zero-order chi connectivity index (χ0) is 13.4. The van der Waals surface area contributed by atoms with Crippen LogP contribution < -0.4 is 5.73 Å². The first kappa shape index (κ1) is 17.2. The number of halogens is 1. The zero-order valence-corrected chi connectivity index (χ0v) is 11.6. The number of carbonyl (C=O) groups is 2. The number of carbonyl (C=O) groups excluding carboxylic acids is 1. The lowest BCUT2D eigenvalue weighted by molar-refractivity contribution is -0.149. The highest BCUT2D eigenvalue weighted by Crippen LogP contribution is 2.24. The molecule has 1 heterocycles. The fourth-order valence-corrected chi connectivity index (χ4v) is 1.84. The van der Waals surface area contributed by atoms with E-state index in [1.807, 2.05) is 20.8 Å². The highest BCUT2D eigenvalue weighted by atomic mass is 35.5. The normalized spacial score (nSPS) is 25.5. The maximum Gasteiger partial charge on any atom is 0.326 e. The Bertz CT molecular complexity index is 329. The van der Waals surface area contributed by atoms with Crippen molar-refractivity contribution in [2.45, 2.75) is 45.4 Å². The number of rotatable bonds is 2. The minimum atomic E-state index is -1.10. The second-order valence-electron chi connectivity index (χ2n) is 5.58. The van der Waals surface area contributed by atoms with Crippen LogP contribution >= 0.6 is 12.4 Å². The van der Waals surface area contributed by atoms with Crippen molar-refractivity contribution in [1.29, 1.82) is 0 Å². The summed E-state index contributed by atoms with van der Waals surface area (Å²) in [6.45, 7) is 5.49. The van der Waals surface area contributed by atoms with Crippen LogP contribution in [0.25, 0.3) is 0 Å². The number of hydrogen-bond acceptors (Lipinski definition) is 4. The number of aliphatic hydroxyl groups excluding tert-OH is 1. The van der Waals surface area contributed by atoms with Crippen LogP contribution in [0.1, 0.15) is 27.2 Å². The van der Waals surface area contributed by atoms with Gasteiger partial charge in [0.25, 0.3) is 0 Å². The number of nitrogens with zero attached hydrogens (tertiary/aromatic N) is 1. The Morgan fingerprint density at radius 2 is 1.89 bits per heavy atom. The van der Waals surface area contributed by atoms with Crippen molar-refractivity contribution in [2.24, 2.45) is 11.1 Å². The first-order valence-corrected chi connectivity index (χ1v) is 5.61. The lowest BCUT2D eigenvalue weighted by Crippen LogP contribution is -2.53. The number of aliphatic carboxylic acids is 1. The molecule has 1 amide bonds. The molecule has 3 unspecified atom stereocenters. The molecule has 1 aliphatic heterocycles. The summed E-state index contributed by atoms with van der Waals surface area (Å²) in [7, 11) is 0. The lowest BCUT2D eigenvalue weighted by Gasteiger charge is -2.31. The molecule has 7 heteroatoms. The quantitative estimate of drug-likeness (QED) is 0.651. The molecule has 4 N–H and O–H groups in total. The van der Waals surface area contributed by atoms with Gasteiger partial charge in [0.05, 0.1) is 12.1 Å². The third kappa shape index (κ3) is 3.57. The molecule has 0 aromatic carbocycles. The highest BCUT2D eigenvalue weighted by Gasteiger charge is 2.42. The van der Waals surface area contributed by atoms with E-state index in [9.17, 15) is 14.7 Å². The average molecular weight is 281 g/mol. The fraction of sp³-hybridized carbons (Fsp3) is 0.818. The third-order valence-electron chi connectivity index (χ3n) is 3.05. The summed E-state index contributed by atoms with van der Waals surface area (Å²) < 4.78 is 0. The van der Waals surface area contributed by atoms with Gasteiger partial charge >= 0.3 is 5.97 Å². The van der Waals surface area contributed by atoms with Crippen LogP contribution in [-0.4, -0.2) is 51.7 Å². The monoisotopic (exact) mass is 280 g/mol. The van der Waals surface area contributed by atoms with Crippen LogP contribution in [0, 0.1) is 5.41 Å². The number of amides is 1. The Morgan fingerprint density at radius 3 is 2.28 bits per heavy atom. The van der Waals surface area contributed by atoms with Crippen molar-refractivity contribution >= 4 is 24.3 Å². The molecular weight excluding hydrogens is 260 g/mol. The Morgan fingerprint density at radius 1 is 1.39 bits per heavy atom. The van der Waals surface area contributed by atoms with Crippen LogP contribution in [0.5, 0.6) is 0 Å². The molecule has 3 atom stereocenters. The van der Waals surface area contributed by atoms with E-state index in [1.165, 1.54) is 4.90 Å². The molecule has 0 saturated carbocycles. The topological polar surface area (TPSA) is 104 Å². The van der Waals surface area contributed by atoms with Gasteiger partial charge in [0.2, 0.25) is 5.91 Å². The van der Waals surface area contributed by atoms with Gasteiger partial charge < -0.3 is 20.8 Å². The van der Waals surface area contributed by atoms with Crippen molar-refractivity contribution in [3.63, 3.8) is 0 Å². The Balaban J connectivity index is 0.00000289. The molecule has 18 heavy (non-hydrogen) atoms. The molecule has 0 aliphatic carbocycles. The first-order valence-electron chi connectivity index (χ1n) is 5.61. The Kier molecular flexibility index (Phi) is 5.58. The van der Waals surface area contributed by atoms with Crippen molar-refractivity contribution in [3.05, 3.63) is 0 Å². The molecule has 0 bridgehead atoms. The van der Waals surface area contributed by atoms with Gasteiger partial charge in [0.15, 0.2) is 0 Å². The SMILES string of the molecule is CC(C)(C)C(N)C(=O)N1CC(O)CC1C(=O)O.Cl. The third-order valence-corrected chi connectivity index (χ3v) is 3.05. The molecule has 1 aliphatic rings. The zero-order valence-electron chi connectivity index (χ0n) is 10.8. The summed E-state index contributed by atoms with van der Waals surface area (Å²) in [5, 5.41) is 18.4. The van der Waals surface area contributed by atoms with Gasteiger partial charge in [-0.25, -0.2) is 4.79 Å². The van der Waals surface area contributed by atoms with E-state index in [0.717, 1.165) is 0 Å². The predicted molar refractivity (Wildman–Crippen MR) is 68.4 cm³/mol. The van der Waals surface area contributed by atoms with E-state index < -0.39 is 35.5 Å². The van der Waals surface area contributed by atoms with E-state index in [0.29, 0.717) is 0 Å². The van der Waals surface area contributed by atoms with Crippen LogP contribution in [0.15, 0.2) is 0 Å². The van der Waals surface area contributed by atoms with Crippen molar-refractivity contribution in [2.75, 3.05) is 6.54 Å². The largest absolute Gasteiger partial charge is 0.480 e. The summed E-state index contributed by atoms with van der Waals surface area (Å²) in [6.07, 6.45) is -0.718. The molecule has 1 saturated heterocycles. The minimum Gasteiger partial charge on any atom is -0.480 e. The van der Waals surface area contributed by atoms with Crippen LogP contribution in [0.3, 0.4) is 0 Å². The van der Waals surface area contributed by atoms with Crippen molar-refractivity contribution in [1.82, 2.24) is 4.90 Å². The molecular formula is C11H21ClN2O4. The Hall–Kier alpha value is -0.850. The van der Waals surface area contributed by atoms with Gasteiger partial charge in [0.1, 0.15) is 6.04 Å². The maximum atomic E-state index is 12.1. The minimum absolute atomic E-state index is 0. The molecule has 0 radical (unpaired) electrons. The number of hydrogen-bond donors (Lipinski definition) is 3. The van der Waals surface area contributed by atoms with Gasteiger partial charge in [-0.05, 0) is 5.41 Å². The van der Waals surface area contributed by atoms with E-state index >= 15 is 0 Å². The fourth-order valence-electron chi connectivity index (χ4n) is 1.84. The number of carboxylic acid groups (broad SMARTS) is 1. The second-order valence-corrected chi connectivity index (χ2v) is 5.58. The molecule has 1 rings (SSSR count). The smallest absolute Gasteiger partial charge is 0.326 e. The van der Waals surface area contributed by atoms with Gasteiger partial charge in [-0.2, -0.15) is 0 Å². The average Bonchev–Trinajstić information content (AvgIpc) is 2.56. The second kappa shape index (κ2) is 5.86. The molecule has 6 nitrogen and oxygen atoms in total. The van der Waals surface area contributed by atoms with Gasteiger partial charge in [-0.1, -0.05) is 20.8 Å². The van der Waals surface area contributed by atoms with Gasteiger partial charge in [0, 0.05) is 13.0 Å². The van der Waals surface area contributed by atoms with E-state index in [1.54, 1.807) is 0 Å². The summed E-state index contributed by atoms with van der Waals surface area (Å²) in [5.41, 5.74) is 5.38. The van der Waals surface area contributed by atoms with Crippen LogP contribution in [0.2, 0.25) is 0 Å². The molecule has 0 aromatic rings. The predicted octanol–water partition coefficient (Wildman–Crippen LogP) is -0.172. The Labute approximate surface area is 113 Å². The number of β-amino-alcohol motifs (C(OH)–C–C–N with tert-alkyl or cyclic N) is 1. The summed E-state index contributed by atoms with van der Waals surface area (Å²) in [6, 6.07) is -1.74. The van der Waals surface area contributed by atoms with Crippen LogP contribution in [0.4, 0.5) is 0 Å². The number of carboxylic acids is 1. The number of aliphatic hydroxyl groups is 1.